The van der Waals surface area contributed by atoms with Crippen LogP contribution in [0, 0.1) is 0 Å². The van der Waals surface area contributed by atoms with Gasteiger partial charge in [-0.2, -0.15) is 10.5 Å². The standard InChI is InChI=1S/C13H20O3S/c1-8-11(14)5-6-17(4)13(8)12-7-15-9(2)10(3)16-12/h9-10,12H,4-7H2,1-3H3. The van der Waals surface area contributed by atoms with Crippen LogP contribution in [0.1, 0.15) is 27.2 Å². The molecule has 0 amide bonds. The van der Waals surface area contributed by atoms with Gasteiger partial charge in [0.1, 0.15) is 6.10 Å². The fourth-order valence-corrected chi connectivity index (χ4v) is 3.91. The highest BCUT2D eigenvalue weighted by Gasteiger charge is 2.32. The third kappa shape index (κ3) is 2.54. The Balaban J connectivity index is 2.24. The lowest BCUT2D eigenvalue weighted by Gasteiger charge is -2.36. The number of ketones is 1. The SMILES string of the molecule is C=S1CCC(=O)C(C)=C1C1COC(C)C(C)O1. The second-order valence-corrected chi connectivity index (χ2v) is 6.56. The number of hydrogen-bond donors (Lipinski definition) is 0. The van der Waals surface area contributed by atoms with Crippen molar-refractivity contribution in [3.63, 3.8) is 0 Å². The number of carbonyl (C=O) groups excluding carboxylic acids is 1. The second-order valence-electron chi connectivity index (χ2n) is 4.73. The molecule has 0 aliphatic carbocycles. The molecule has 0 saturated carbocycles. The molecule has 0 aromatic rings. The van der Waals surface area contributed by atoms with E-state index in [1.54, 1.807) is 0 Å². The fourth-order valence-electron chi connectivity index (χ4n) is 2.22. The molecule has 0 N–H and O–H groups in total. The maximum atomic E-state index is 11.8. The van der Waals surface area contributed by atoms with Gasteiger partial charge in [-0.3, -0.25) is 4.79 Å². The van der Waals surface area contributed by atoms with E-state index in [0.717, 1.165) is 16.2 Å². The number of carbonyl (C=O) groups is 1. The smallest absolute Gasteiger partial charge is 0.160 e. The molecule has 4 atom stereocenters. The Morgan fingerprint density at radius 1 is 1.35 bits per heavy atom. The van der Waals surface area contributed by atoms with Crippen LogP contribution in [-0.4, -0.2) is 42.3 Å². The lowest BCUT2D eigenvalue weighted by molar-refractivity contribution is -0.153. The largest absolute Gasteiger partial charge is 0.373 e. The van der Waals surface area contributed by atoms with E-state index in [0.29, 0.717) is 13.0 Å². The summed E-state index contributed by atoms with van der Waals surface area (Å²) in [7, 11) is -0.0987. The second kappa shape index (κ2) is 5.04. The van der Waals surface area contributed by atoms with Crippen molar-refractivity contribution >= 4 is 22.1 Å². The van der Waals surface area contributed by atoms with Gasteiger partial charge in [-0.05, 0) is 26.5 Å². The van der Waals surface area contributed by atoms with Crippen molar-refractivity contribution in [3.8, 4) is 0 Å². The highest BCUT2D eigenvalue weighted by Crippen LogP contribution is 2.38. The van der Waals surface area contributed by atoms with E-state index in [1.807, 2.05) is 20.8 Å². The molecule has 0 bridgehead atoms. The van der Waals surface area contributed by atoms with Crippen molar-refractivity contribution in [3.05, 3.63) is 10.5 Å². The van der Waals surface area contributed by atoms with E-state index in [2.05, 4.69) is 5.87 Å². The summed E-state index contributed by atoms with van der Waals surface area (Å²) in [6, 6.07) is 0. The summed E-state index contributed by atoms with van der Waals surface area (Å²) >= 11 is 0. The van der Waals surface area contributed by atoms with Gasteiger partial charge in [0.15, 0.2) is 5.78 Å². The molecule has 96 valence electrons. The highest BCUT2D eigenvalue weighted by atomic mass is 32.2. The van der Waals surface area contributed by atoms with Crippen molar-refractivity contribution in [1.82, 2.24) is 0 Å². The van der Waals surface area contributed by atoms with Crippen LogP contribution in [0.15, 0.2) is 10.5 Å². The molecule has 0 radical (unpaired) electrons. The van der Waals surface area contributed by atoms with Crippen LogP contribution in [0.5, 0.6) is 0 Å². The number of Topliss-reactive ketones (excluding diaryl/α,β-unsaturated/α-hetero) is 1. The van der Waals surface area contributed by atoms with Crippen LogP contribution >= 0.6 is 10.5 Å². The normalized spacial score (nSPS) is 39.6. The average molecular weight is 256 g/mol. The minimum Gasteiger partial charge on any atom is -0.373 e. The zero-order chi connectivity index (χ0) is 12.6. The summed E-state index contributed by atoms with van der Waals surface area (Å²) in [5.74, 6) is 5.26. The monoisotopic (exact) mass is 256 g/mol. The first-order chi connectivity index (χ1) is 8.00. The van der Waals surface area contributed by atoms with Gasteiger partial charge in [-0.1, -0.05) is 5.87 Å². The fraction of sp³-hybridized carbons (Fsp3) is 0.692. The number of hydrogen-bond acceptors (Lipinski definition) is 3. The third-order valence-electron chi connectivity index (χ3n) is 3.52. The average Bonchev–Trinajstić information content (AvgIpc) is 2.29. The summed E-state index contributed by atoms with van der Waals surface area (Å²) in [4.78, 5) is 12.8. The third-order valence-corrected chi connectivity index (χ3v) is 5.41. The van der Waals surface area contributed by atoms with Gasteiger partial charge in [0.05, 0.1) is 18.8 Å². The first-order valence-electron chi connectivity index (χ1n) is 6.02. The lowest BCUT2D eigenvalue weighted by atomic mass is 10.1. The Morgan fingerprint density at radius 3 is 2.71 bits per heavy atom. The summed E-state index contributed by atoms with van der Waals surface area (Å²) in [6.45, 7) is 6.47. The number of allylic oxidation sites excluding steroid dienone is 1. The van der Waals surface area contributed by atoms with Gasteiger partial charge in [0.25, 0.3) is 0 Å². The van der Waals surface area contributed by atoms with E-state index in [1.165, 1.54) is 0 Å². The quantitative estimate of drug-likeness (QED) is 0.674. The summed E-state index contributed by atoms with van der Waals surface area (Å²) in [5, 5.41) is 0. The Bertz CT molecular complexity index is 386. The van der Waals surface area contributed by atoms with E-state index < -0.39 is 0 Å². The molecule has 1 saturated heterocycles. The van der Waals surface area contributed by atoms with Gasteiger partial charge in [-0.25, -0.2) is 0 Å². The van der Waals surface area contributed by atoms with Crippen molar-refractivity contribution in [2.24, 2.45) is 0 Å². The summed E-state index contributed by atoms with van der Waals surface area (Å²) in [6.07, 6.45) is 0.744. The molecule has 2 aliphatic rings. The minimum absolute atomic E-state index is 0.0723. The maximum Gasteiger partial charge on any atom is 0.160 e. The van der Waals surface area contributed by atoms with Crippen LogP contribution in [0.3, 0.4) is 0 Å². The van der Waals surface area contributed by atoms with Crippen LogP contribution in [0.2, 0.25) is 0 Å². The van der Waals surface area contributed by atoms with Gasteiger partial charge in [0, 0.05) is 16.9 Å². The van der Waals surface area contributed by atoms with E-state index >= 15 is 0 Å². The van der Waals surface area contributed by atoms with Crippen LogP contribution < -0.4 is 0 Å². The van der Waals surface area contributed by atoms with Crippen molar-refractivity contribution < 1.29 is 14.3 Å². The van der Waals surface area contributed by atoms with Gasteiger partial charge < -0.3 is 9.47 Å². The minimum atomic E-state index is -0.0987. The molecule has 2 rings (SSSR count). The molecular formula is C13H20O3S. The summed E-state index contributed by atoms with van der Waals surface area (Å²) < 4.78 is 11.7. The Morgan fingerprint density at radius 2 is 2.06 bits per heavy atom. The molecule has 3 nitrogen and oxygen atoms in total. The van der Waals surface area contributed by atoms with Crippen molar-refractivity contribution in [2.75, 3.05) is 12.4 Å². The number of ether oxygens (including phenoxy) is 2. The molecular weight excluding hydrogens is 236 g/mol. The molecule has 4 unspecified atom stereocenters. The van der Waals surface area contributed by atoms with Crippen molar-refractivity contribution in [2.45, 2.75) is 45.5 Å². The molecule has 0 spiro atoms. The predicted octanol–water partition coefficient (Wildman–Crippen LogP) is 2.13. The Kier molecular flexibility index (Phi) is 3.85. The number of rotatable bonds is 1. The first kappa shape index (κ1) is 13.0. The molecule has 1 fully saturated rings. The Labute approximate surface area is 105 Å². The van der Waals surface area contributed by atoms with Gasteiger partial charge in [0.2, 0.25) is 0 Å². The zero-order valence-corrected chi connectivity index (χ0v) is 11.5. The Hall–Kier alpha value is -0.450. The molecule has 2 heterocycles. The molecule has 4 heteroatoms. The lowest BCUT2D eigenvalue weighted by Crippen LogP contribution is -2.41. The van der Waals surface area contributed by atoms with Crippen LogP contribution in [0.4, 0.5) is 0 Å². The van der Waals surface area contributed by atoms with Gasteiger partial charge >= 0.3 is 0 Å². The van der Waals surface area contributed by atoms with E-state index in [9.17, 15) is 4.79 Å². The highest BCUT2D eigenvalue weighted by molar-refractivity contribution is 8.17. The topological polar surface area (TPSA) is 35.5 Å². The van der Waals surface area contributed by atoms with E-state index in [4.69, 9.17) is 9.47 Å². The summed E-state index contributed by atoms with van der Waals surface area (Å²) in [5.41, 5.74) is 0.852. The van der Waals surface area contributed by atoms with E-state index in [-0.39, 0.29) is 34.6 Å². The molecule has 17 heavy (non-hydrogen) atoms. The first-order valence-corrected chi connectivity index (χ1v) is 7.58. The van der Waals surface area contributed by atoms with Crippen LogP contribution in [0.25, 0.3) is 0 Å². The molecule has 0 aromatic carbocycles. The van der Waals surface area contributed by atoms with Crippen molar-refractivity contribution in [1.29, 1.82) is 0 Å². The maximum absolute atomic E-state index is 11.8. The molecule has 0 aromatic heterocycles. The van der Waals surface area contributed by atoms with Gasteiger partial charge in [-0.15, -0.1) is 0 Å². The zero-order valence-electron chi connectivity index (χ0n) is 10.7. The van der Waals surface area contributed by atoms with Crippen LogP contribution in [-0.2, 0) is 14.3 Å². The predicted molar refractivity (Wildman–Crippen MR) is 71.7 cm³/mol. The molecule has 2 aliphatic heterocycles.